The fraction of sp³-hybridized carbons (Fsp3) is 0.278. The number of fused-ring (bicyclic) bond motifs is 1. The molecule has 0 saturated carbocycles. The van der Waals surface area contributed by atoms with E-state index in [2.05, 4.69) is 10.3 Å². The van der Waals surface area contributed by atoms with E-state index in [9.17, 15) is 9.59 Å². The molecule has 0 fully saturated rings. The van der Waals surface area contributed by atoms with Crippen LogP contribution in [0.25, 0.3) is 0 Å². The predicted octanol–water partition coefficient (Wildman–Crippen LogP) is 3.50. The average Bonchev–Trinajstić information content (AvgIpc) is 2.63. The molecule has 1 aliphatic rings. The van der Waals surface area contributed by atoms with Gasteiger partial charge in [-0.3, -0.25) is 14.5 Å². The Balaban J connectivity index is 1.93. The van der Waals surface area contributed by atoms with Gasteiger partial charge < -0.3 is 15.8 Å². The minimum absolute atomic E-state index is 0.213. The molecule has 1 aromatic carbocycles. The number of hydrogen-bond donors (Lipinski definition) is 2. The van der Waals surface area contributed by atoms with Crippen LogP contribution in [0.4, 0.5) is 17.3 Å². The topological polar surface area (TPSA) is 97.6 Å². The minimum Gasteiger partial charge on any atom is -0.477 e. The third kappa shape index (κ3) is 3.79. The second kappa shape index (κ2) is 7.62. The highest BCUT2D eigenvalue weighted by atomic mass is 35.5. The first-order chi connectivity index (χ1) is 12.8. The van der Waals surface area contributed by atoms with Gasteiger partial charge in [0.2, 0.25) is 5.91 Å². The Kier molecular flexibility index (Phi) is 5.43. The number of halogens is 2. The Morgan fingerprint density at radius 2 is 2.11 bits per heavy atom. The first kappa shape index (κ1) is 19.3. The van der Waals surface area contributed by atoms with Gasteiger partial charge in [0.1, 0.15) is 11.9 Å². The monoisotopic (exact) mass is 408 g/mol. The van der Waals surface area contributed by atoms with Crippen LogP contribution in [0.3, 0.4) is 0 Å². The molecule has 0 bridgehead atoms. The smallest absolute Gasteiger partial charge is 0.270 e. The van der Waals surface area contributed by atoms with Crippen LogP contribution in [0, 0.1) is 0 Å². The molecule has 0 radical (unpaired) electrons. The van der Waals surface area contributed by atoms with Crippen molar-refractivity contribution in [2.24, 2.45) is 0 Å². The van der Waals surface area contributed by atoms with Crippen molar-refractivity contribution in [3.63, 3.8) is 0 Å². The maximum absolute atomic E-state index is 12.8. The summed E-state index contributed by atoms with van der Waals surface area (Å²) in [6.07, 6.45) is -0.249. The molecule has 2 aromatic rings. The Morgan fingerprint density at radius 1 is 1.37 bits per heavy atom. The molecule has 0 spiro atoms. The molecule has 142 valence electrons. The Bertz CT molecular complexity index is 906. The fourth-order valence-corrected chi connectivity index (χ4v) is 3.09. The van der Waals surface area contributed by atoms with E-state index in [1.165, 1.54) is 11.0 Å². The van der Waals surface area contributed by atoms with Crippen LogP contribution < -0.4 is 20.7 Å². The van der Waals surface area contributed by atoms with Crippen molar-refractivity contribution in [1.82, 2.24) is 4.98 Å². The summed E-state index contributed by atoms with van der Waals surface area (Å²) in [6, 6.07) is 7.07. The molecule has 7 nitrogen and oxygen atoms in total. The van der Waals surface area contributed by atoms with E-state index in [-0.39, 0.29) is 17.5 Å². The van der Waals surface area contributed by atoms with Crippen molar-refractivity contribution in [1.29, 1.82) is 0 Å². The number of pyridine rings is 1. The predicted molar refractivity (Wildman–Crippen MR) is 105 cm³/mol. The number of nitrogens with two attached hydrogens (primary N) is 1. The maximum atomic E-state index is 12.8. The lowest BCUT2D eigenvalue weighted by Crippen LogP contribution is -2.53. The van der Waals surface area contributed by atoms with Gasteiger partial charge in [-0.05, 0) is 43.7 Å². The summed E-state index contributed by atoms with van der Waals surface area (Å²) < 4.78 is 5.68. The van der Waals surface area contributed by atoms with Gasteiger partial charge in [0.15, 0.2) is 17.7 Å². The lowest BCUT2D eigenvalue weighted by molar-refractivity contribution is -0.129. The molecule has 2 unspecified atom stereocenters. The number of anilines is 3. The summed E-state index contributed by atoms with van der Waals surface area (Å²) in [5.41, 5.74) is 6.11. The van der Waals surface area contributed by atoms with Crippen LogP contribution in [-0.4, -0.2) is 28.9 Å². The molecular formula is C18H18Cl2N4O3. The van der Waals surface area contributed by atoms with Gasteiger partial charge in [0, 0.05) is 5.02 Å². The average molecular weight is 409 g/mol. The molecule has 2 atom stereocenters. The van der Waals surface area contributed by atoms with Crippen LogP contribution in [0.2, 0.25) is 10.0 Å². The Hall–Kier alpha value is -2.51. The number of nitrogens with one attached hydrogen (secondary N) is 1. The molecule has 9 heteroatoms. The molecule has 3 rings (SSSR count). The third-order valence-corrected chi connectivity index (χ3v) is 4.76. The van der Waals surface area contributed by atoms with E-state index in [4.69, 9.17) is 33.7 Å². The number of nitrogen functional groups attached to an aromatic ring is 1. The molecule has 1 aliphatic heterocycles. The highest BCUT2D eigenvalue weighted by Gasteiger charge is 2.39. The van der Waals surface area contributed by atoms with E-state index in [1.807, 2.05) is 6.92 Å². The number of rotatable bonds is 4. The van der Waals surface area contributed by atoms with Gasteiger partial charge in [-0.2, -0.15) is 0 Å². The number of hydrogen-bond acceptors (Lipinski definition) is 5. The van der Waals surface area contributed by atoms with Crippen LogP contribution in [0.5, 0.6) is 5.75 Å². The molecule has 27 heavy (non-hydrogen) atoms. The largest absolute Gasteiger partial charge is 0.477 e. The van der Waals surface area contributed by atoms with Gasteiger partial charge in [-0.15, -0.1) is 0 Å². The SMILES string of the molecule is CCC1Oc2ccc(N)nc2N(C(C)C(=O)Nc2cc(Cl)ccc2Cl)C1=O. The van der Waals surface area contributed by atoms with E-state index in [0.717, 1.165) is 0 Å². The fourth-order valence-electron chi connectivity index (χ4n) is 2.76. The Morgan fingerprint density at radius 3 is 2.81 bits per heavy atom. The molecule has 3 N–H and O–H groups in total. The summed E-state index contributed by atoms with van der Waals surface area (Å²) in [5, 5.41) is 3.46. The summed E-state index contributed by atoms with van der Waals surface area (Å²) in [7, 11) is 0. The first-order valence-electron chi connectivity index (χ1n) is 8.34. The van der Waals surface area contributed by atoms with Crippen LogP contribution in [-0.2, 0) is 9.59 Å². The van der Waals surface area contributed by atoms with Crippen molar-refractivity contribution in [3.8, 4) is 5.75 Å². The maximum Gasteiger partial charge on any atom is 0.270 e. The van der Waals surface area contributed by atoms with Crippen molar-refractivity contribution in [2.45, 2.75) is 32.4 Å². The number of amides is 2. The lowest BCUT2D eigenvalue weighted by atomic mass is 10.1. The van der Waals surface area contributed by atoms with E-state index >= 15 is 0 Å². The second-order valence-corrected chi connectivity index (χ2v) is 6.91. The van der Waals surface area contributed by atoms with Crippen molar-refractivity contribution < 1.29 is 14.3 Å². The van der Waals surface area contributed by atoms with Gasteiger partial charge in [-0.1, -0.05) is 30.1 Å². The summed E-state index contributed by atoms with van der Waals surface area (Å²) in [4.78, 5) is 31.1. The second-order valence-electron chi connectivity index (χ2n) is 6.07. The zero-order valence-corrected chi connectivity index (χ0v) is 16.2. The quantitative estimate of drug-likeness (QED) is 0.806. The van der Waals surface area contributed by atoms with Crippen molar-refractivity contribution in [3.05, 3.63) is 40.4 Å². The van der Waals surface area contributed by atoms with E-state index in [1.54, 1.807) is 31.2 Å². The molecule has 1 aromatic heterocycles. The summed E-state index contributed by atoms with van der Waals surface area (Å²) in [6.45, 7) is 3.42. The zero-order chi connectivity index (χ0) is 19.7. The standard InChI is InChI=1S/C18H18Cl2N4O3/c1-3-13-18(26)24(16-14(27-13)6-7-15(21)23-16)9(2)17(25)22-12-8-10(19)4-5-11(12)20/h4-9,13H,3H2,1-2H3,(H2,21,23)(H,22,25). The van der Waals surface area contributed by atoms with E-state index in [0.29, 0.717) is 27.9 Å². The normalized spacial score (nSPS) is 17.1. The highest BCUT2D eigenvalue weighted by Crippen LogP contribution is 2.35. The number of benzene rings is 1. The number of ether oxygens (including phenoxy) is 1. The molecule has 2 amide bonds. The van der Waals surface area contributed by atoms with Crippen LogP contribution in [0.1, 0.15) is 20.3 Å². The third-order valence-electron chi connectivity index (χ3n) is 4.19. The summed E-state index contributed by atoms with van der Waals surface area (Å²) >= 11 is 12.1. The number of carbonyl (C=O) groups excluding carboxylic acids is 2. The first-order valence-corrected chi connectivity index (χ1v) is 9.09. The number of nitrogens with zero attached hydrogens (tertiary/aromatic N) is 2. The van der Waals surface area contributed by atoms with E-state index < -0.39 is 18.1 Å². The minimum atomic E-state index is -0.876. The number of carbonyl (C=O) groups is 2. The molecule has 0 aliphatic carbocycles. The van der Waals surface area contributed by atoms with Gasteiger partial charge in [0.25, 0.3) is 5.91 Å². The van der Waals surface area contributed by atoms with Gasteiger partial charge in [0.05, 0.1) is 10.7 Å². The van der Waals surface area contributed by atoms with Crippen LogP contribution in [0.15, 0.2) is 30.3 Å². The zero-order valence-electron chi connectivity index (χ0n) is 14.7. The lowest BCUT2D eigenvalue weighted by Gasteiger charge is -2.36. The van der Waals surface area contributed by atoms with Crippen molar-refractivity contribution in [2.75, 3.05) is 16.0 Å². The highest BCUT2D eigenvalue weighted by molar-refractivity contribution is 6.35. The molecule has 2 heterocycles. The Labute approximate surface area is 166 Å². The molecular weight excluding hydrogens is 391 g/mol. The number of aromatic nitrogens is 1. The van der Waals surface area contributed by atoms with Crippen LogP contribution >= 0.6 is 23.2 Å². The van der Waals surface area contributed by atoms with Gasteiger partial charge in [-0.25, -0.2) is 4.98 Å². The molecule has 0 saturated heterocycles. The van der Waals surface area contributed by atoms with Crippen molar-refractivity contribution >= 4 is 52.3 Å². The summed E-state index contributed by atoms with van der Waals surface area (Å²) in [5.74, 6) is 0.0265. The van der Waals surface area contributed by atoms with Gasteiger partial charge >= 0.3 is 0 Å².